The molecule has 1 saturated heterocycles. The topological polar surface area (TPSA) is 0 Å². The van der Waals surface area contributed by atoms with Crippen LogP contribution < -0.4 is 0 Å². The highest BCUT2D eigenvalue weighted by molar-refractivity contribution is 4.58. The summed E-state index contributed by atoms with van der Waals surface area (Å²) in [7, 11) is 2.42. The minimum absolute atomic E-state index is 0.891. The molecule has 1 nitrogen and oxygen atoms in total. The first-order valence-corrected chi connectivity index (χ1v) is 5.03. The van der Waals surface area contributed by atoms with Crippen molar-refractivity contribution in [2.45, 2.75) is 45.6 Å². The van der Waals surface area contributed by atoms with Crippen molar-refractivity contribution in [2.24, 2.45) is 0 Å². The zero-order valence-corrected chi connectivity index (χ0v) is 8.27. The van der Waals surface area contributed by atoms with Crippen molar-refractivity contribution in [1.29, 1.82) is 0 Å². The highest BCUT2D eigenvalue weighted by atomic mass is 15.4. The molecule has 0 amide bonds. The van der Waals surface area contributed by atoms with Crippen LogP contribution in [0.3, 0.4) is 0 Å². The molecule has 0 spiro atoms. The zero-order chi connectivity index (χ0) is 8.32. The summed E-state index contributed by atoms with van der Waals surface area (Å²) < 4.78 is 1.34. The lowest BCUT2D eigenvalue weighted by molar-refractivity contribution is -0.920. The van der Waals surface area contributed by atoms with E-state index in [4.69, 9.17) is 0 Å². The van der Waals surface area contributed by atoms with Crippen molar-refractivity contribution < 1.29 is 4.48 Å². The van der Waals surface area contributed by atoms with Crippen molar-refractivity contribution in [2.75, 3.05) is 20.1 Å². The standard InChI is InChI=1S/C10H22N/c1-4-7-10(2)11(3)8-5-6-9-11/h10H,4-9H2,1-3H3/q+1. The molecule has 0 bridgehead atoms. The Hall–Kier alpha value is -0.0400. The summed E-state index contributed by atoms with van der Waals surface area (Å²) in [5.41, 5.74) is 0. The lowest BCUT2D eigenvalue weighted by atomic mass is 10.1. The average molecular weight is 156 g/mol. The Balaban J connectivity index is 2.42. The molecule has 1 aliphatic heterocycles. The van der Waals surface area contributed by atoms with Crippen molar-refractivity contribution in [3.05, 3.63) is 0 Å². The van der Waals surface area contributed by atoms with Crippen LogP contribution in [0.4, 0.5) is 0 Å². The van der Waals surface area contributed by atoms with E-state index in [1.807, 2.05) is 0 Å². The van der Waals surface area contributed by atoms with Crippen LogP contribution in [-0.2, 0) is 0 Å². The molecule has 0 N–H and O–H groups in total. The highest BCUT2D eigenvalue weighted by Crippen LogP contribution is 2.22. The molecular formula is C10H22N+. The van der Waals surface area contributed by atoms with Gasteiger partial charge in [-0.1, -0.05) is 13.3 Å². The SMILES string of the molecule is CCCC(C)[N+]1(C)CCCC1. The molecule has 1 aliphatic rings. The Morgan fingerprint density at radius 3 is 2.27 bits per heavy atom. The minimum atomic E-state index is 0.891. The van der Waals surface area contributed by atoms with Gasteiger partial charge in [-0.2, -0.15) is 0 Å². The van der Waals surface area contributed by atoms with Gasteiger partial charge in [0.15, 0.2) is 0 Å². The summed E-state index contributed by atoms with van der Waals surface area (Å²) in [5, 5.41) is 0. The second-order valence-electron chi connectivity index (χ2n) is 4.27. The largest absolute Gasteiger partial charge is 0.324 e. The Morgan fingerprint density at radius 1 is 1.27 bits per heavy atom. The summed E-state index contributed by atoms with van der Waals surface area (Å²) in [6.45, 7) is 7.54. The molecule has 0 aromatic heterocycles. The van der Waals surface area contributed by atoms with Crippen LogP contribution in [0, 0.1) is 0 Å². The Bertz CT molecular complexity index is 114. The Labute approximate surface area is 71.0 Å². The van der Waals surface area contributed by atoms with Gasteiger partial charge in [0.25, 0.3) is 0 Å². The van der Waals surface area contributed by atoms with Crippen LogP contribution in [0.15, 0.2) is 0 Å². The van der Waals surface area contributed by atoms with E-state index in [2.05, 4.69) is 20.9 Å². The van der Waals surface area contributed by atoms with Gasteiger partial charge in [-0.25, -0.2) is 0 Å². The molecule has 1 heterocycles. The van der Waals surface area contributed by atoms with Crippen molar-refractivity contribution in [3.63, 3.8) is 0 Å². The zero-order valence-electron chi connectivity index (χ0n) is 8.27. The third-order valence-corrected chi connectivity index (χ3v) is 3.36. The molecule has 1 atom stereocenters. The summed E-state index contributed by atoms with van der Waals surface area (Å²) in [6, 6.07) is 0.891. The maximum Gasteiger partial charge on any atom is 0.0859 e. The van der Waals surface area contributed by atoms with E-state index in [0.29, 0.717) is 0 Å². The van der Waals surface area contributed by atoms with Gasteiger partial charge < -0.3 is 4.48 Å². The van der Waals surface area contributed by atoms with Gasteiger partial charge in [-0.15, -0.1) is 0 Å². The lowest BCUT2D eigenvalue weighted by Gasteiger charge is -2.35. The number of rotatable bonds is 3. The van der Waals surface area contributed by atoms with Crippen LogP contribution in [0.1, 0.15) is 39.5 Å². The summed E-state index contributed by atoms with van der Waals surface area (Å²) >= 11 is 0. The minimum Gasteiger partial charge on any atom is -0.324 e. The van der Waals surface area contributed by atoms with Crippen LogP contribution in [0.25, 0.3) is 0 Å². The van der Waals surface area contributed by atoms with Gasteiger partial charge in [-0.3, -0.25) is 0 Å². The first kappa shape index (κ1) is 9.05. The van der Waals surface area contributed by atoms with Crippen LogP contribution in [0.5, 0.6) is 0 Å². The number of hydrogen-bond donors (Lipinski definition) is 0. The summed E-state index contributed by atoms with van der Waals surface area (Å²) in [5.74, 6) is 0. The molecule has 1 fully saturated rings. The van der Waals surface area contributed by atoms with Gasteiger partial charge in [-0.05, 0) is 13.3 Å². The molecule has 1 rings (SSSR count). The Kier molecular flexibility index (Phi) is 2.94. The summed E-state index contributed by atoms with van der Waals surface area (Å²) in [6.07, 6.45) is 5.64. The van der Waals surface area contributed by atoms with Crippen molar-refractivity contribution >= 4 is 0 Å². The number of nitrogens with zero attached hydrogens (tertiary/aromatic N) is 1. The third-order valence-electron chi connectivity index (χ3n) is 3.36. The maximum absolute atomic E-state index is 2.42. The summed E-state index contributed by atoms with van der Waals surface area (Å²) in [4.78, 5) is 0. The number of hydrogen-bond acceptors (Lipinski definition) is 0. The molecule has 0 saturated carbocycles. The highest BCUT2D eigenvalue weighted by Gasteiger charge is 2.31. The quantitative estimate of drug-likeness (QED) is 0.550. The van der Waals surface area contributed by atoms with Crippen LogP contribution in [-0.4, -0.2) is 30.7 Å². The molecule has 1 heteroatoms. The first-order valence-electron chi connectivity index (χ1n) is 5.03. The predicted octanol–water partition coefficient (Wildman–Crippen LogP) is 2.42. The Morgan fingerprint density at radius 2 is 1.82 bits per heavy atom. The molecule has 0 radical (unpaired) electrons. The van der Waals surface area contributed by atoms with E-state index in [1.165, 1.54) is 43.3 Å². The van der Waals surface area contributed by atoms with E-state index in [0.717, 1.165) is 6.04 Å². The van der Waals surface area contributed by atoms with Crippen LogP contribution >= 0.6 is 0 Å². The van der Waals surface area contributed by atoms with E-state index >= 15 is 0 Å². The smallest absolute Gasteiger partial charge is 0.0859 e. The molecule has 11 heavy (non-hydrogen) atoms. The van der Waals surface area contributed by atoms with Gasteiger partial charge in [0.2, 0.25) is 0 Å². The number of quaternary nitrogens is 1. The van der Waals surface area contributed by atoms with E-state index < -0.39 is 0 Å². The molecule has 1 unspecified atom stereocenters. The van der Waals surface area contributed by atoms with Gasteiger partial charge in [0, 0.05) is 12.8 Å². The normalized spacial score (nSPS) is 25.4. The monoisotopic (exact) mass is 156 g/mol. The van der Waals surface area contributed by atoms with E-state index in [1.54, 1.807) is 0 Å². The van der Waals surface area contributed by atoms with Gasteiger partial charge in [0.1, 0.15) is 0 Å². The van der Waals surface area contributed by atoms with Crippen molar-refractivity contribution in [1.82, 2.24) is 0 Å². The molecule has 0 aromatic carbocycles. The van der Waals surface area contributed by atoms with E-state index in [9.17, 15) is 0 Å². The third kappa shape index (κ3) is 1.96. The van der Waals surface area contributed by atoms with E-state index in [-0.39, 0.29) is 0 Å². The predicted molar refractivity (Wildman–Crippen MR) is 49.5 cm³/mol. The van der Waals surface area contributed by atoms with Crippen molar-refractivity contribution in [3.8, 4) is 0 Å². The average Bonchev–Trinajstić information content (AvgIpc) is 2.38. The fourth-order valence-electron chi connectivity index (χ4n) is 2.23. The molecule has 0 aromatic rings. The fraction of sp³-hybridized carbons (Fsp3) is 1.00. The molecule has 66 valence electrons. The fourth-order valence-corrected chi connectivity index (χ4v) is 2.23. The van der Waals surface area contributed by atoms with Crippen LogP contribution in [0.2, 0.25) is 0 Å². The molecule has 0 aliphatic carbocycles. The second-order valence-corrected chi connectivity index (χ2v) is 4.27. The van der Waals surface area contributed by atoms with Gasteiger partial charge in [0.05, 0.1) is 26.2 Å². The lowest BCUT2D eigenvalue weighted by Crippen LogP contribution is -2.48. The first-order chi connectivity index (χ1) is 5.19. The number of likely N-dealkylation sites (tertiary alicyclic amines) is 1. The second kappa shape index (κ2) is 3.57. The molecular weight excluding hydrogens is 134 g/mol. The maximum atomic E-state index is 2.42. The van der Waals surface area contributed by atoms with Gasteiger partial charge >= 0.3 is 0 Å².